The van der Waals surface area contributed by atoms with Gasteiger partial charge in [0.05, 0.1) is 0 Å². The largest absolute Gasteiger partial charge is 0.445 e. The van der Waals surface area contributed by atoms with Crippen LogP contribution >= 0.6 is 0 Å². The van der Waals surface area contributed by atoms with E-state index in [1.807, 2.05) is 12.1 Å². The normalized spacial score (nSPS) is 12.1. The lowest BCUT2D eigenvalue weighted by molar-refractivity contribution is 0.639. The third-order valence-corrected chi connectivity index (χ3v) is 7.35. The Bertz CT molecular complexity index is 904. The van der Waals surface area contributed by atoms with Gasteiger partial charge in [0.15, 0.2) is 19.2 Å². The Morgan fingerprint density at radius 1 is 0.818 bits per heavy atom. The van der Waals surface area contributed by atoms with Gasteiger partial charge < -0.3 is 4.42 Å². The van der Waals surface area contributed by atoms with Crippen molar-refractivity contribution in [3.63, 3.8) is 0 Å². The summed E-state index contributed by atoms with van der Waals surface area (Å²) in [5, 5.41) is 3.73. The molecule has 22 heavy (non-hydrogen) atoms. The molecule has 0 bridgehead atoms. The molecule has 4 rings (SSSR count). The van der Waals surface area contributed by atoms with Crippen molar-refractivity contribution in [2.45, 2.75) is 13.1 Å². The highest BCUT2D eigenvalue weighted by Crippen LogP contribution is 2.22. The van der Waals surface area contributed by atoms with Crippen LogP contribution < -0.4 is 10.7 Å². The second-order valence-electron chi connectivity index (χ2n) is 6.18. The van der Waals surface area contributed by atoms with Crippen molar-refractivity contribution in [3.8, 4) is 0 Å². The van der Waals surface area contributed by atoms with Crippen LogP contribution in [0.2, 0.25) is 13.1 Å². The van der Waals surface area contributed by atoms with Crippen LogP contribution in [0.3, 0.4) is 0 Å². The molecule has 0 atom stereocenters. The predicted octanol–water partition coefficient (Wildman–Crippen LogP) is 3.80. The number of rotatable bonds is 2. The Morgan fingerprint density at radius 2 is 1.45 bits per heavy atom. The van der Waals surface area contributed by atoms with Crippen LogP contribution in [0.1, 0.15) is 0 Å². The highest BCUT2D eigenvalue weighted by Gasteiger charge is 2.32. The maximum atomic E-state index is 6.15. The minimum atomic E-state index is -1.89. The van der Waals surface area contributed by atoms with E-state index in [-0.39, 0.29) is 0 Å². The maximum Gasteiger partial charge on any atom is 0.181 e. The molecule has 1 heterocycles. The molecule has 2 nitrogen and oxygen atoms in total. The zero-order chi connectivity index (χ0) is 15.2. The van der Waals surface area contributed by atoms with Gasteiger partial charge in [-0.2, -0.15) is 0 Å². The number of hydrogen-bond acceptors (Lipinski definition) is 2. The van der Waals surface area contributed by atoms with Gasteiger partial charge in [-0.25, -0.2) is 4.98 Å². The maximum absolute atomic E-state index is 6.15. The summed E-state index contributed by atoms with van der Waals surface area (Å²) in [7, 11) is -1.89. The summed E-state index contributed by atoms with van der Waals surface area (Å²) in [6, 6.07) is 23.1. The van der Waals surface area contributed by atoms with Crippen molar-refractivity contribution in [2.75, 3.05) is 0 Å². The van der Waals surface area contributed by atoms with E-state index in [0.717, 1.165) is 16.6 Å². The van der Waals surface area contributed by atoms with Crippen molar-refractivity contribution in [1.82, 2.24) is 4.98 Å². The van der Waals surface area contributed by atoms with Gasteiger partial charge >= 0.3 is 0 Å². The van der Waals surface area contributed by atoms with Crippen molar-refractivity contribution in [1.29, 1.82) is 0 Å². The Hall–Kier alpha value is -2.39. The molecule has 0 radical (unpaired) electrons. The number of fused-ring (bicyclic) bond motifs is 2. The van der Waals surface area contributed by atoms with Crippen molar-refractivity contribution >= 4 is 40.6 Å². The first-order chi connectivity index (χ1) is 10.6. The average Bonchev–Trinajstić information content (AvgIpc) is 2.97. The Balaban J connectivity index is 1.90. The van der Waals surface area contributed by atoms with Gasteiger partial charge in [-0.1, -0.05) is 67.7 Å². The van der Waals surface area contributed by atoms with E-state index in [9.17, 15) is 0 Å². The first kappa shape index (κ1) is 13.3. The summed E-state index contributed by atoms with van der Waals surface area (Å²) < 4.78 is 6.15. The first-order valence-corrected chi connectivity index (χ1v) is 10.5. The van der Waals surface area contributed by atoms with Crippen molar-refractivity contribution in [3.05, 3.63) is 66.7 Å². The summed E-state index contributed by atoms with van der Waals surface area (Å²) in [5.41, 5.74) is 2.72. The van der Waals surface area contributed by atoms with Crippen LogP contribution in [0.5, 0.6) is 0 Å². The van der Waals surface area contributed by atoms with E-state index >= 15 is 0 Å². The van der Waals surface area contributed by atoms with E-state index in [2.05, 4.69) is 67.7 Å². The van der Waals surface area contributed by atoms with E-state index < -0.39 is 8.07 Å². The van der Waals surface area contributed by atoms with Crippen LogP contribution in [0.4, 0.5) is 0 Å². The van der Waals surface area contributed by atoms with Gasteiger partial charge in [0.25, 0.3) is 0 Å². The zero-order valence-corrected chi connectivity index (χ0v) is 13.7. The molecular weight excluding hydrogens is 286 g/mol. The highest BCUT2D eigenvalue weighted by atomic mass is 28.3. The molecule has 1 aromatic heterocycles. The lowest BCUT2D eigenvalue weighted by Crippen LogP contribution is -2.53. The van der Waals surface area contributed by atoms with Crippen molar-refractivity contribution < 1.29 is 4.42 Å². The van der Waals surface area contributed by atoms with Crippen LogP contribution in [0.15, 0.2) is 71.1 Å². The van der Waals surface area contributed by atoms with Gasteiger partial charge in [0.2, 0.25) is 0 Å². The molecule has 0 amide bonds. The first-order valence-electron chi connectivity index (χ1n) is 7.50. The summed E-state index contributed by atoms with van der Waals surface area (Å²) in [6.07, 6.45) is 0. The Kier molecular flexibility index (Phi) is 2.91. The lowest BCUT2D eigenvalue weighted by Gasteiger charge is -2.18. The molecule has 0 fully saturated rings. The van der Waals surface area contributed by atoms with Gasteiger partial charge in [-0.3, -0.25) is 0 Å². The molecule has 3 heteroatoms. The third-order valence-electron chi connectivity index (χ3n) is 4.29. The predicted molar refractivity (Wildman–Crippen MR) is 94.7 cm³/mol. The molecule has 0 saturated heterocycles. The third kappa shape index (κ3) is 2.06. The number of benzene rings is 3. The zero-order valence-electron chi connectivity index (χ0n) is 12.7. The number of aromatic nitrogens is 1. The fourth-order valence-corrected chi connectivity index (χ4v) is 4.90. The van der Waals surface area contributed by atoms with E-state index in [4.69, 9.17) is 9.40 Å². The van der Waals surface area contributed by atoms with Crippen LogP contribution in [-0.2, 0) is 0 Å². The SMILES string of the molecule is C[Si](C)(c1ccccc1)c1nc2cc3ccccc3cc2o1. The molecular formula is C19H17NOSi. The number of hydrogen-bond donors (Lipinski definition) is 0. The summed E-state index contributed by atoms with van der Waals surface area (Å²) in [5.74, 6) is 0. The molecule has 0 spiro atoms. The van der Waals surface area contributed by atoms with Crippen LogP contribution in [-0.4, -0.2) is 13.1 Å². The minimum Gasteiger partial charge on any atom is -0.445 e. The minimum absolute atomic E-state index is 0.880. The number of oxazole rings is 1. The van der Waals surface area contributed by atoms with Crippen molar-refractivity contribution in [2.24, 2.45) is 0 Å². The van der Waals surface area contributed by atoms with E-state index in [0.29, 0.717) is 0 Å². The molecule has 0 aliphatic carbocycles. The second kappa shape index (κ2) is 4.82. The topological polar surface area (TPSA) is 26.0 Å². The average molecular weight is 303 g/mol. The van der Waals surface area contributed by atoms with Gasteiger partial charge in [-0.15, -0.1) is 0 Å². The fraction of sp³-hybridized carbons (Fsp3) is 0.105. The molecule has 0 unspecified atom stereocenters. The second-order valence-corrected chi connectivity index (χ2v) is 10.4. The standard InChI is InChI=1S/C19H17NOSi/c1-22(2,16-10-4-3-5-11-16)19-20-17-12-14-8-6-7-9-15(14)13-18(17)21-19/h3-13H,1-2H3. The molecule has 0 saturated carbocycles. The molecule has 108 valence electrons. The monoisotopic (exact) mass is 303 g/mol. The fourth-order valence-electron chi connectivity index (χ4n) is 2.86. The highest BCUT2D eigenvalue weighted by molar-refractivity contribution is 6.99. The molecule has 0 aliphatic heterocycles. The molecule has 3 aromatic carbocycles. The van der Waals surface area contributed by atoms with E-state index in [1.165, 1.54) is 16.0 Å². The smallest absolute Gasteiger partial charge is 0.181 e. The van der Waals surface area contributed by atoms with E-state index in [1.54, 1.807) is 0 Å². The molecule has 0 N–H and O–H groups in total. The summed E-state index contributed by atoms with van der Waals surface area (Å²) in [4.78, 5) is 4.81. The van der Waals surface area contributed by atoms with Gasteiger partial charge in [0, 0.05) is 0 Å². The number of nitrogens with zero attached hydrogens (tertiary/aromatic N) is 1. The van der Waals surface area contributed by atoms with Gasteiger partial charge in [-0.05, 0) is 28.1 Å². The Labute approximate surface area is 130 Å². The summed E-state index contributed by atoms with van der Waals surface area (Å²) in [6.45, 7) is 4.57. The summed E-state index contributed by atoms with van der Waals surface area (Å²) >= 11 is 0. The van der Waals surface area contributed by atoms with Gasteiger partial charge in [0.1, 0.15) is 5.52 Å². The van der Waals surface area contributed by atoms with Crippen LogP contribution in [0.25, 0.3) is 21.9 Å². The molecule has 4 aromatic rings. The Morgan fingerprint density at radius 3 is 2.18 bits per heavy atom. The quantitative estimate of drug-likeness (QED) is 0.526. The molecule has 0 aliphatic rings. The lowest BCUT2D eigenvalue weighted by atomic mass is 10.1. The van der Waals surface area contributed by atoms with Crippen LogP contribution in [0, 0.1) is 0 Å².